The lowest BCUT2D eigenvalue weighted by molar-refractivity contribution is -0.147. The molecular weight excluding hydrogens is 242 g/mol. The topological polar surface area (TPSA) is 74.7 Å². The molecule has 0 radical (unpaired) electrons. The number of carboxylic acid groups (broad SMARTS) is 1. The summed E-state index contributed by atoms with van der Waals surface area (Å²) in [6.45, 7) is 5.76. The van der Waals surface area contributed by atoms with Crippen molar-refractivity contribution < 1.29 is 18.3 Å². The third-order valence-electron chi connectivity index (χ3n) is 3.37. The average Bonchev–Trinajstić information content (AvgIpc) is 2.04. The van der Waals surface area contributed by atoms with Crippen LogP contribution in [0.4, 0.5) is 0 Å². The monoisotopic (exact) mass is 263 g/mol. The Hall–Kier alpha value is -0.620. The Balaban J connectivity index is 2.49. The molecule has 1 rings (SSSR count). The van der Waals surface area contributed by atoms with Gasteiger partial charge in [0.05, 0.1) is 5.75 Å². The van der Waals surface area contributed by atoms with Gasteiger partial charge in [0.25, 0.3) is 0 Å². The summed E-state index contributed by atoms with van der Waals surface area (Å²) in [6.07, 6.45) is 1.32. The lowest BCUT2D eigenvalue weighted by Crippen LogP contribution is -2.56. The van der Waals surface area contributed by atoms with Crippen LogP contribution in [-0.4, -0.2) is 55.5 Å². The van der Waals surface area contributed by atoms with Gasteiger partial charge in [-0.25, -0.2) is 8.42 Å². The Morgan fingerprint density at radius 2 is 1.94 bits per heavy atom. The average molecular weight is 263 g/mol. The standard InChI is InChI=1S/C11H21NO4S/c1-8(2)9-6-12(7-9)10(11(13)14)4-5-17(3,15)16/h8-10H,4-7H2,1-3H3,(H,13,14). The summed E-state index contributed by atoms with van der Waals surface area (Å²) in [5.74, 6) is 0.105. The predicted octanol–water partition coefficient (Wildman–Crippen LogP) is 0.462. The first-order valence-corrected chi connectivity index (χ1v) is 7.91. The number of rotatable bonds is 6. The fourth-order valence-electron chi connectivity index (χ4n) is 2.01. The van der Waals surface area contributed by atoms with Crippen molar-refractivity contribution in [1.82, 2.24) is 4.90 Å². The lowest BCUT2D eigenvalue weighted by Gasteiger charge is -2.44. The van der Waals surface area contributed by atoms with Gasteiger partial charge in [-0.2, -0.15) is 0 Å². The first-order chi connectivity index (χ1) is 7.70. The predicted molar refractivity (Wildman–Crippen MR) is 65.7 cm³/mol. The van der Waals surface area contributed by atoms with Crippen LogP contribution in [0.2, 0.25) is 0 Å². The first kappa shape index (κ1) is 14.4. The Kier molecular flexibility index (Phi) is 4.55. The Labute approximate surface area is 103 Å². The van der Waals surface area contributed by atoms with Crippen LogP contribution in [-0.2, 0) is 14.6 Å². The van der Waals surface area contributed by atoms with E-state index in [1.54, 1.807) is 0 Å². The summed E-state index contributed by atoms with van der Waals surface area (Å²) >= 11 is 0. The second-order valence-electron chi connectivity index (χ2n) is 5.23. The Morgan fingerprint density at radius 3 is 2.29 bits per heavy atom. The van der Waals surface area contributed by atoms with Crippen molar-refractivity contribution in [2.45, 2.75) is 26.3 Å². The van der Waals surface area contributed by atoms with Gasteiger partial charge in [-0.15, -0.1) is 0 Å². The molecule has 5 nitrogen and oxygen atoms in total. The van der Waals surface area contributed by atoms with E-state index >= 15 is 0 Å². The summed E-state index contributed by atoms with van der Waals surface area (Å²) in [7, 11) is -3.09. The fraction of sp³-hybridized carbons (Fsp3) is 0.909. The van der Waals surface area contributed by atoms with Crippen LogP contribution in [0.15, 0.2) is 0 Å². The molecule has 0 aliphatic carbocycles. The van der Waals surface area contributed by atoms with E-state index in [4.69, 9.17) is 5.11 Å². The van der Waals surface area contributed by atoms with Gasteiger partial charge < -0.3 is 5.11 Å². The molecule has 1 N–H and O–H groups in total. The Morgan fingerprint density at radius 1 is 1.41 bits per heavy atom. The van der Waals surface area contributed by atoms with Crippen molar-refractivity contribution in [3.63, 3.8) is 0 Å². The van der Waals surface area contributed by atoms with Gasteiger partial charge in [-0.3, -0.25) is 9.69 Å². The molecule has 0 aromatic heterocycles. The minimum atomic E-state index is -3.09. The Bertz CT molecular complexity index is 371. The van der Waals surface area contributed by atoms with Gasteiger partial charge in [0.1, 0.15) is 15.9 Å². The highest BCUT2D eigenvalue weighted by Gasteiger charge is 2.37. The second-order valence-corrected chi connectivity index (χ2v) is 7.49. The van der Waals surface area contributed by atoms with Gasteiger partial charge in [-0.1, -0.05) is 13.8 Å². The van der Waals surface area contributed by atoms with Crippen molar-refractivity contribution in [1.29, 1.82) is 0 Å². The molecule has 0 aromatic rings. The molecule has 0 amide bonds. The molecule has 1 atom stereocenters. The van der Waals surface area contributed by atoms with Crippen LogP contribution >= 0.6 is 0 Å². The van der Waals surface area contributed by atoms with Crippen molar-refractivity contribution in [3.05, 3.63) is 0 Å². The largest absolute Gasteiger partial charge is 0.480 e. The van der Waals surface area contributed by atoms with Gasteiger partial charge in [0.15, 0.2) is 0 Å². The number of carboxylic acids is 1. The number of nitrogens with zero attached hydrogens (tertiary/aromatic N) is 1. The van der Waals surface area contributed by atoms with E-state index in [0.717, 1.165) is 19.3 Å². The van der Waals surface area contributed by atoms with Crippen LogP contribution in [0.5, 0.6) is 0 Å². The number of aliphatic carboxylic acids is 1. The number of hydrogen-bond donors (Lipinski definition) is 1. The summed E-state index contributed by atoms with van der Waals surface area (Å²) in [5, 5.41) is 9.09. The summed E-state index contributed by atoms with van der Waals surface area (Å²) in [4.78, 5) is 12.9. The van der Waals surface area contributed by atoms with Gasteiger partial charge in [0, 0.05) is 19.3 Å². The minimum Gasteiger partial charge on any atom is -0.480 e. The van der Waals surface area contributed by atoms with Crippen LogP contribution < -0.4 is 0 Å². The molecule has 1 aliphatic rings. The molecule has 0 aromatic carbocycles. The van der Waals surface area contributed by atoms with Crippen LogP contribution in [0.25, 0.3) is 0 Å². The van der Waals surface area contributed by atoms with Crippen molar-refractivity contribution >= 4 is 15.8 Å². The zero-order valence-corrected chi connectivity index (χ0v) is 11.4. The third kappa shape index (κ3) is 4.27. The number of carbonyl (C=O) groups is 1. The summed E-state index contributed by atoms with van der Waals surface area (Å²) in [6, 6.07) is -0.653. The zero-order chi connectivity index (χ0) is 13.2. The maximum absolute atomic E-state index is 11.1. The highest BCUT2D eigenvalue weighted by Crippen LogP contribution is 2.26. The SMILES string of the molecule is CC(C)C1CN(C(CCS(C)(=O)=O)C(=O)O)C1. The molecule has 0 saturated carbocycles. The van der Waals surface area contributed by atoms with Gasteiger partial charge in [-0.05, 0) is 18.3 Å². The molecule has 100 valence electrons. The van der Waals surface area contributed by atoms with E-state index in [0.29, 0.717) is 11.8 Å². The smallest absolute Gasteiger partial charge is 0.320 e. The highest BCUT2D eigenvalue weighted by molar-refractivity contribution is 7.90. The lowest BCUT2D eigenvalue weighted by atomic mass is 9.87. The molecular formula is C11H21NO4S. The molecule has 0 bridgehead atoms. The van der Waals surface area contributed by atoms with E-state index in [1.165, 1.54) is 0 Å². The zero-order valence-electron chi connectivity index (χ0n) is 10.6. The molecule has 1 fully saturated rings. The van der Waals surface area contributed by atoms with Crippen molar-refractivity contribution in [3.8, 4) is 0 Å². The molecule has 6 heteroatoms. The molecule has 17 heavy (non-hydrogen) atoms. The van der Waals surface area contributed by atoms with E-state index in [-0.39, 0.29) is 12.2 Å². The molecule has 1 heterocycles. The van der Waals surface area contributed by atoms with Crippen molar-refractivity contribution in [2.75, 3.05) is 25.1 Å². The van der Waals surface area contributed by atoms with Crippen molar-refractivity contribution in [2.24, 2.45) is 11.8 Å². The molecule has 0 spiro atoms. The summed E-state index contributed by atoms with van der Waals surface area (Å²) in [5.41, 5.74) is 0. The first-order valence-electron chi connectivity index (χ1n) is 5.85. The molecule has 1 unspecified atom stereocenters. The molecule has 1 saturated heterocycles. The highest BCUT2D eigenvalue weighted by atomic mass is 32.2. The van der Waals surface area contributed by atoms with E-state index in [2.05, 4.69) is 13.8 Å². The fourth-order valence-corrected chi connectivity index (χ4v) is 2.66. The maximum atomic E-state index is 11.1. The van der Waals surface area contributed by atoms with Crippen LogP contribution in [0.1, 0.15) is 20.3 Å². The number of likely N-dealkylation sites (tertiary alicyclic amines) is 1. The second kappa shape index (κ2) is 5.35. The van der Waals surface area contributed by atoms with E-state index in [1.807, 2.05) is 4.90 Å². The van der Waals surface area contributed by atoms with Gasteiger partial charge >= 0.3 is 5.97 Å². The summed E-state index contributed by atoms with van der Waals surface area (Å²) < 4.78 is 22.1. The third-order valence-corrected chi connectivity index (χ3v) is 4.35. The van der Waals surface area contributed by atoms with Gasteiger partial charge in [0.2, 0.25) is 0 Å². The van der Waals surface area contributed by atoms with Crippen LogP contribution in [0.3, 0.4) is 0 Å². The van der Waals surface area contributed by atoms with E-state index < -0.39 is 21.8 Å². The number of sulfone groups is 1. The normalized spacial score (nSPS) is 20.2. The van der Waals surface area contributed by atoms with Crippen LogP contribution in [0, 0.1) is 11.8 Å². The number of hydrogen-bond acceptors (Lipinski definition) is 4. The molecule has 1 aliphatic heterocycles. The minimum absolute atomic E-state index is 0.0627. The quantitative estimate of drug-likeness (QED) is 0.753. The van der Waals surface area contributed by atoms with E-state index in [9.17, 15) is 13.2 Å². The maximum Gasteiger partial charge on any atom is 0.320 e.